The molecule has 3 aromatic rings. The number of ether oxygens (including phenoxy) is 1. The zero-order valence-electron chi connectivity index (χ0n) is 14.0. The van der Waals surface area contributed by atoms with E-state index in [9.17, 15) is 0 Å². The third-order valence-electron chi connectivity index (χ3n) is 4.25. The summed E-state index contributed by atoms with van der Waals surface area (Å²) >= 11 is 0. The van der Waals surface area contributed by atoms with Crippen LogP contribution in [0.15, 0.2) is 48.7 Å². The second-order valence-electron chi connectivity index (χ2n) is 5.53. The standard InChI is InChI=1S/C19H23N3O/c1-4-21(5-2)14-17-19(15-9-7-6-8-10-15)20-18-13-16(23-3)11-12-22(17)18/h6-13H,4-5,14H2,1-3H3. The van der Waals surface area contributed by atoms with Crippen LogP contribution in [0.1, 0.15) is 19.5 Å². The first-order valence-corrected chi connectivity index (χ1v) is 8.09. The van der Waals surface area contributed by atoms with Gasteiger partial charge in [-0.2, -0.15) is 0 Å². The molecule has 0 amide bonds. The van der Waals surface area contributed by atoms with Gasteiger partial charge in [0.1, 0.15) is 11.4 Å². The van der Waals surface area contributed by atoms with Crippen molar-refractivity contribution < 1.29 is 4.74 Å². The molecule has 4 heteroatoms. The van der Waals surface area contributed by atoms with Crippen LogP contribution in [0.25, 0.3) is 16.9 Å². The van der Waals surface area contributed by atoms with Crippen LogP contribution in [-0.4, -0.2) is 34.5 Å². The van der Waals surface area contributed by atoms with E-state index in [2.05, 4.69) is 47.4 Å². The first kappa shape index (κ1) is 15.6. The Hall–Kier alpha value is -2.33. The average molecular weight is 309 g/mol. The van der Waals surface area contributed by atoms with Gasteiger partial charge in [0, 0.05) is 24.4 Å². The number of nitrogens with zero attached hydrogens (tertiary/aromatic N) is 3. The Morgan fingerprint density at radius 3 is 2.48 bits per heavy atom. The molecular weight excluding hydrogens is 286 g/mol. The summed E-state index contributed by atoms with van der Waals surface area (Å²) in [5, 5.41) is 0. The van der Waals surface area contributed by atoms with Crippen molar-refractivity contribution in [2.75, 3.05) is 20.2 Å². The van der Waals surface area contributed by atoms with E-state index in [1.165, 1.54) is 5.69 Å². The van der Waals surface area contributed by atoms with Crippen molar-refractivity contribution in [1.82, 2.24) is 14.3 Å². The van der Waals surface area contributed by atoms with E-state index in [0.717, 1.165) is 42.3 Å². The third-order valence-corrected chi connectivity index (χ3v) is 4.25. The molecule has 1 aromatic carbocycles. The van der Waals surface area contributed by atoms with Crippen molar-refractivity contribution >= 4 is 5.65 Å². The van der Waals surface area contributed by atoms with Crippen molar-refractivity contribution in [2.24, 2.45) is 0 Å². The van der Waals surface area contributed by atoms with E-state index in [1.54, 1.807) is 7.11 Å². The Morgan fingerprint density at radius 1 is 1.09 bits per heavy atom. The number of aromatic nitrogens is 2. The zero-order valence-corrected chi connectivity index (χ0v) is 14.0. The summed E-state index contributed by atoms with van der Waals surface area (Å²) in [4.78, 5) is 7.27. The number of imidazole rings is 1. The quantitative estimate of drug-likeness (QED) is 0.692. The molecule has 23 heavy (non-hydrogen) atoms. The van der Waals surface area contributed by atoms with Gasteiger partial charge in [-0.25, -0.2) is 4.98 Å². The molecule has 0 fully saturated rings. The van der Waals surface area contributed by atoms with Gasteiger partial charge >= 0.3 is 0 Å². The number of hydrogen-bond donors (Lipinski definition) is 0. The van der Waals surface area contributed by atoms with Crippen LogP contribution in [-0.2, 0) is 6.54 Å². The molecule has 0 unspecified atom stereocenters. The first-order valence-electron chi connectivity index (χ1n) is 8.09. The maximum absolute atomic E-state index is 5.34. The minimum atomic E-state index is 0.830. The normalized spacial score (nSPS) is 11.3. The maximum atomic E-state index is 5.34. The van der Waals surface area contributed by atoms with Crippen LogP contribution in [0.5, 0.6) is 5.75 Å². The first-order chi connectivity index (χ1) is 11.3. The predicted octanol–water partition coefficient (Wildman–Crippen LogP) is 3.85. The second-order valence-corrected chi connectivity index (χ2v) is 5.53. The Labute approximate surface area is 137 Å². The molecule has 0 aliphatic carbocycles. The third kappa shape index (κ3) is 3.08. The fraction of sp³-hybridized carbons (Fsp3) is 0.316. The number of benzene rings is 1. The van der Waals surface area contributed by atoms with E-state index >= 15 is 0 Å². The van der Waals surface area contributed by atoms with Crippen molar-refractivity contribution in [1.29, 1.82) is 0 Å². The molecule has 120 valence electrons. The minimum Gasteiger partial charge on any atom is -0.497 e. The lowest BCUT2D eigenvalue weighted by atomic mass is 10.1. The summed E-state index contributed by atoms with van der Waals surface area (Å²) in [6.07, 6.45) is 2.05. The molecule has 4 nitrogen and oxygen atoms in total. The lowest BCUT2D eigenvalue weighted by Crippen LogP contribution is -2.23. The molecule has 2 heterocycles. The van der Waals surface area contributed by atoms with Crippen LogP contribution in [0.3, 0.4) is 0 Å². The molecule has 0 saturated heterocycles. The predicted molar refractivity (Wildman–Crippen MR) is 93.8 cm³/mol. The van der Waals surface area contributed by atoms with Gasteiger partial charge in [0.05, 0.1) is 18.5 Å². The topological polar surface area (TPSA) is 29.8 Å². The Bertz CT molecular complexity index is 776. The lowest BCUT2D eigenvalue weighted by molar-refractivity contribution is 0.292. The average Bonchev–Trinajstić information content (AvgIpc) is 2.97. The highest BCUT2D eigenvalue weighted by molar-refractivity contribution is 5.67. The lowest BCUT2D eigenvalue weighted by Gasteiger charge is -2.18. The fourth-order valence-electron chi connectivity index (χ4n) is 2.84. The van der Waals surface area contributed by atoms with Gasteiger partial charge in [-0.15, -0.1) is 0 Å². The summed E-state index contributed by atoms with van der Waals surface area (Å²) in [7, 11) is 1.68. The SMILES string of the molecule is CCN(CC)Cc1c(-c2ccccc2)nc2cc(OC)ccn12. The molecule has 0 spiro atoms. The molecule has 0 radical (unpaired) electrons. The molecule has 0 N–H and O–H groups in total. The maximum Gasteiger partial charge on any atom is 0.141 e. The van der Waals surface area contributed by atoms with Crippen molar-refractivity contribution in [3.05, 3.63) is 54.4 Å². The van der Waals surface area contributed by atoms with Gasteiger partial charge in [-0.05, 0) is 19.2 Å². The minimum absolute atomic E-state index is 0.830. The van der Waals surface area contributed by atoms with Crippen molar-refractivity contribution in [3.8, 4) is 17.0 Å². The number of methoxy groups -OCH3 is 1. The van der Waals surface area contributed by atoms with Crippen LogP contribution >= 0.6 is 0 Å². The summed E-state index contributed by atoms with van der Waals surface area (Å²) < 4.78 is 7.51. The van der Waals surface area contributed by atoms with E-state index in [1.807, 2.05) is 24.4 Å². The number of pyridine rings is 1. The van der Waals surface area contributed by atoms with Crippen LogP contribution < -0.4 is 4.74 Å². The smallest absolute Gasteiger partial charge is 0.141 e. The highest BCUT2D eigenvalue weighted by atomic mass is 16.5. The largest absolute Gasteiger partial charge is 0.497 e. The van der Waals surface area contributed by atoms with Gasteiger partial charge in [0.2, 0.25) is 0 Å². The molecule has 2 aromatic heterocycles. The summed E-state index contributed by atoms with van der Waals surface area (Å²) in [5.41, 5.74) is 4.34. The Morgan fingerprint density at radius 2 is 1.83 bits per heavy atom. The van der Waals surface area contributed by atoms with Gasteiger partial charge in [-0.3, -0.25) is 4.90 Å². The van der Waals surface area contributed by atoms with Crippen molar-refractivity contribution in [3.63, 3.8) is 0 Å². The molecule has 0 bridgehead atoms. The summed E-state index contributed by atoms with van der Waals surface area (Å²) in [5.74, 6) is 0.830. The Balaban J connectivity index is 2.16. The van der Waals surface area contributed by atoms with Gasteiger partial charge in [-0.1, -0.05) is 44.2 Å². The van der Waals surface area contributed by atoms with E-state index in [-0.39, 0.29) is 0 Å². The number of hydrogen-bond acceptors (Lipinski definition) is 3. The van der Waals surface area contributed by atoms with Gasteiger partial charge < -0.3 is 9.14 Å². The molecule has 0 saturated carbocycles. The van der Waals surface area contributed by atoms with Gasteiger partial charge in [0.15, 0.2) is 0 Å². The second kappa shape index (κ2) is 6.84. The summed E-state index contributed by atoms with van der Waals surface area (Å²) in [6.45, 7) is 7.31. The molecule has 0 aliphatic heterocycles. The highest BCUT2D eigenvalue weighted by Crippen LogP contribution is 2.27. The van der Waals surface area contributed by atoms with Crippen LogP contribution in [0.2, 0.25) is 0 Å². The van der Waals surface area contributed by atoms with E-state index in [0.29, 0.717) is 0 Å². The van der Waals surface area contributed by atoms with E-state index in [4.69, 9.17) is 9.72 Å². The highest BCUT2D eigenvalue weighted by Gasteiger charge is 2.16. The molecule has 3 rings (SSSR count). The molecular formula is C19H23N3O. The number of fused-ring (bicyclic) bond motifs is 1. The molecule has 0 aliphatic rings. The number of rotatable bonds is 6. The molecule has 0 atom stereocenters. The van der Waals surface area contributed by atoms with E-state index < -0.39 is 0 Å². The monoisotopic (exact) mass is 309 g/mol. The van der Waals surface area contributed by atoms with Gasteiger partial charge in [0.25, 0.3) is 0 Å². The van der Waals surface area contributed by atoms with Crippen molar-refractivity contribution in [2.45, 2.75) is 20.4 Å². The zero-order chi connectivity index (χ0) is 16.2. The fourth-order valence-corrected chi connectivity index (χ4v) is 2.84. The van der Waals surface area contributed by atoms with Crippen LogP contribution in [0, 0.1) is 0 Å². The Kier molecular flexibility index (Phi) is 4.63. The summed E-state index contributed by atoms with van der Waals surface area (Å²) in [6, 6.07) is 14.3. The van der Waals surface area contributed by atoms with Crippen LogP contribution in [0.4, 0.5) is 0 Å².